The standard InChI is InChI=1S/C13H16Cl2O2/c1-8(12(16)17-13(2,3)4)9-5-6-10(14)11(15)7-9/h5-8H,1-4H3. The molecule has 1 aromatic rings. The molecule has 4 heteroatoms. The van der Waals surface area contributed by atoms with Gasteiger partial charge in [-0.3, -0.25) is 4.79 Å². The monoisotopic (exact) mass is 274 g/mol. The molecule has 2 nitrogen and oxygen atoms in total. The predicted octanol–water partition coefficient (Wildman–Crippen LogP) is 4.44. The van der Waals surface area contributed by atoms with E-state index in [4.69, 9.17) is 27.9 Å². The average molecular weight is 275 g/mol. The van der Waals surface area contributed by atoms with Crippen LogP contribution in [0.2, 0.25) is 10.0 Å². The van der Waals surface area contributed by atoms with E-state index < -0.39 is 5.60 Å². The highest BCUT2D eigenvalue weighted by Crippen LogP contribution is 2.27. The fraction of sp³-hybridized carbons (Fsp3) is 0.462. The second-order valence-corrected chi connectivity index (χ2v) is 5.74. The molecule has 1 rings (SSSR count). The highest BCUT2D eigenvalue weighted by atomic mass is 35.5. The summed E-state index contributed by atoms with van der Waals surface area (Å²) < 4.78 is 5.31. The molecule has 0 spiro atoms. The molecular weight excluding hydrogens is 259 g/mol. The van der Waals surface area contributed by atoms with Crippen molar-refractivity contribution >= 4 is 29.2 Å². The van der Waals surface area contributed by atoms with Gasteiger partial charge in [-0.2, -0.15) is 0 Å². The van der Waals surface area contributed by atoms with E-state index >= 15 is 0 Å². The summed E-state index contributed by atoms with van der Waals surface area (Å²) in [7, 11) is 0. The Hall–Kier alpha value is -0.730. The quantitative estimate of drug-likeness (QED) is 0.746. The van der Waals surface area contributed by atoms with Crippen LogP contribution < -0.4 is 0 Å². The van der Waals surface area contributed by atoms with Crippen molar-refractivity contribution in [3.05, 3.63) is 33.8 Å². The van der Waals surface area contributed by atoms with Gasteiger partial charge in [0.25, 0.3) is 0 Å². The predicted molar refractivity (Wildman–Crippen MR) is 70.7 cm³/mol. The van der Waals surface area contributed by atoms with E-state index in [0.29, 0.717) is 10.0 Å². The van der Waals surface area contributed by atoms with Crippen molar-refractivity contribution < 1.29 is 9.53 Å². The Bertz CT molecular complexity index is 422. The number of carbonyl (C=O) groups excluding carboxylic acids is 1. The van der Waals surface area contributed by atoms with Gasteiger partial charge in [0.15, 0.2) is 0 Å². The maximum atomic E-state index is 11.9. The van der Waals surface area contributed by atoms with E-state index in [1.807, 2.05) is 20.8 Å². The third-order valence-electron chi connectivity index (χ3n) is 2.20. The van der Waals surface area contributed by atoms with Crippen LogP contribution in [0.3, 0.4) is 0 Å². The fourth-order valence-electron chi connectivity index (χ4n) is 1.31. The molecule has 0 aromatic heterocycles. The lowest BCUT2D eigenvalue weighted by Gasteiger charge is -2.22. The number of hydrogen-bond donors (Lipinski definition) is 0. The van der Waals surface area contributed by atoms with Gasteiger partial charge in [-0.1, -0.05) is 29.3 Å². The van der Waals surface area contributed by atoms with Crippen molar-refractivity contribution in [1.82, 2.24) is 0 Å². The first-order valence-corrected chi connectivity index (χ1v) is 6.14. The van der Waals surface area contributed by atoms with Crippen LogP contribution in [0.5, 0.6) is 0 Å². The van der Waals surface area contributed by atoms with Gasteiger partial charge < -0.3 is 4.74 Å². The molecule has 0 radical (unpaired) electrons. The lowest BCUT2D eigenvalue weighted by molar-refractivity contribution is -0.156. The van der Waals surface area contributed by atoms with Crippen LogP contribution in [-0.4, -0.2) is 11.6 Å². The lowest BCUT2D eigenvalue weighted by Crippen LogP contribution is -2.26. The molecule has 1 unspecified atom stereocenters. The smallest absolute Gasteiger partial charge is 0.313 e. The molecule has 0 aliphatic carbocycles. The minimum Gasteiger partial charge on any atom is -0.460 e. The molecule has 0 N–H and O–H groups in total. The van der Waals surface area contributed by atoms with E-state index in [9.17, 15) is 4.79 Å². The fourth-order valence-corrected chi connectivity index (χ4v) is 1.61. The summed E-state index contributed by atoms with van der Waals surface area (Å²) in [5.74, 6) is -0.625. The number of carbonyl (C=O) groups is 1. The maximum absolute atomic E-state index is 11.9. The molecule has 0 saturated heterocycles. The van der Waals surface area contributed by atoms with Gasteiger partial charge in [-0.25, -0.2) is 0 Å². The van der Waals surface area contributed by atoms with Crippen molar-refractivity contribution in [3.63, 3.8) is 0 Å². The molecule has 0 aliphatic rings. The van der Waals surface area contributed by atoms with E-state index in [2.05, 4.69) is 0 Å². The molecule has 1 aromatic carbocycles. The second-order valence-electron chi connectivity index (χ2n) is 4.93. The summed E-state index contributed by atoms with van der Waals surface area (Å²) in [4.78, 5) is 11.9. The summed E-state index contributed by atoms with van der Waals surface area (Å²) in [5, 5.41) is 0.923. The molecule has 0 bridgehead atoms. The molecule has 17 heavy (non-hydrogen) atoms. The van der Waals surface area contributed by atoms with Crippen LogP contribution in [0.15, 0.2) is 18.2 Å². The van der Waals surface area contributed by atoms with Crippen LogP contribution in [0, 0.1) is 0 Å². The Kier molecular flexibility index (Phi) is 4.45. The zero-order chi connectivity index (χ0) is 13.2. The van der Waals surface area contributed by atoms with Crippen molar-refractivity contribution in [2.75, 3.05) is 0 Å². The highest BCUT2D eigenvalue weighted by Gasteiger charge is 2.23. The van der Waals surface area contributed by atoms with Crippen molar-refractivity contribution in [1.29, 1.82) is 0 Å². The SMILES string of the molecule is CC(C(=O)OC(C)(C)C)c1ccc(Cl)c(Cl)c1. The lowest BCUT2D eigenvalue weighted by atomic mass is 10.0. The van der Waals surface area contributed by atoms with Gasteiger partial charge in [0.05, 0.1) is 16.0 Å². The molecule has 0 heterocycles. The summed E-state index contributed by atoms with van der Waals surface area (Å²) in [6, 6.07) is 5.15. The van der Waals surface area contributed by atoms with Crippen LogP contribution in [-0.2, 0) is 9.53 Å². The van der Waals surface area contributed by atoms with E-state index in [-0.39, 0.29) is 11.9 Å². The molecule has 0 saturated carbocycles. The van der Waals surface area contributed by atoms with Crippen LogP contribution in [0.25, 0.3) is 0 Å². The zero-order valence-corrected chi connectivity index (χ0v) is 11.9. The molecule has 0 aliphatic heterocycles. The minimum absolute atomic E-state index is 0.268. The summed E-state index contributed by atoms with van der Waals surface area (Å²) in [5.41, 5.74) is 0.315. The van der Waals surface area contributed by atoms with E-state index in [1.165, 1.54) is 0 Å². The Labute approximate surface area is 112 Å². The van der Waals surface area contributed by atoms with E-state index in [0.717, 1.165) is 5.56 Å². The minimum atomic E-state index is -0.485. The van der Waals surface area contributed by atoms with Gasteiger partial charge in [0.1, 0.15) is 5.60 Å². The Morgan fingerprint density at radius 2 is 1.82 bits per heavy atom. The second kappa shape index (κ2) is 5.28. The van der Waals surface area contributed by atoms with Gasteiger partial charge in [-0.15, -0.1) is 0 Å². The Morgan fingerprint density at radius 3 is 2.29 bits per heavy atom. The molecule has 94 valence electrons. The first-order chi connectivity index (χ1) is 7.70. The topological polar surface area (TPSA) is 26.3 Å². The molecular formula is C13H16Cl2O2. The zero-order valence-electron chi connectivity index (χ0n) is 10.4. The first-order valence-electron chi connectivity index (χ1n) is 5.38. The summed E-state index contributed by atoms with van der Waals surface area (Å²) in [6.45, 7) is 7.30. The Morgan fingerprint density at radius 1 is 1.24 bits per heavy atom. The maximum Gasteiger partial charge on any atom is 0.313 e. The summed E-state index contributed by atoms with van der Waals surface area (Å²) in [6.07, 6.45) is 0. The van der Waals surface area contributed by atoms with Gasteiger partial charge >= 0.3 is 5.97 Å². The first kappa shape index (κ1) is 14.3. The molecule has 0 fully saturated rings. The number of rotatable bonds is 2. The third-order valence-corrected chi connectivity index (χ3v) is 2.94. The van der Waals surface area contributed by atoms with Crippen LogP contribution in [0.4, 0.5) is 0 Å². The number of hydrogen-bond acceptors (Lipinski definition) is 2. The van der Waals surface area contributed by atoms with Gasteiger partial charge in [0.2, 0.25) is 0 Å². The van der Waals surface area contributed by atoms with Crippen molar-refractivity contribution in [3.8, 4) is 0 Å². The van der Waals surface area contributed by atoms with Crippen molar-refractivity contribution in [2.24, 2.45) is 0 Å². The molecule has 1 atom stereocenters. The van der Waals surface area contributed by atoms with Gasteiger partial charge in [0, 0.05) is 0 Å². The number of benzene rings is 1. The molecule has 0 amide bonds. The van der Waals surface area contributed by atoms with Gasteiger partial charge in [-0.05, 0) is 45.4 Å². The number of ether oxygens (including phenoxy) is 1. The largest absolute Gasteiger partial charge is 0.460 e. The average Bonchev–Trinajstić information content (AvgIpc) is 2.18. The summed E-state index contributed by atoms with van der Waals surface area (Å²) >= 11 is 11.7. The van der Waals surface area contributed by atoms with Crippen molar-refractivity contribution in [2.45, 2.75) is 39.2 Å². The third kappa shape index (κ3) is 4.21. The Balaban J connectivity index is 2.85. The highest BCUT2D eigenvalue weighted by molar-refractivity contribution is 6.42. The van der Waals surface area contributed by atoms with Crippen LogP contribution in [0.1, 0.15) is 39.2 Å². The number of esters is 1. The normalized spacial score (nSPS) is 13.3. The van der Waals surface area contributed by atoms with Crippen LogP contribution >= 0.6 is 23.2 Å². The number of halogens is 2. The van der Waals surface area contributed by atoms with E-state index in [1.54, 1.807) is 25.1 Å².